The lowest BCUT2D eigenvalue weighted by atomic mass is 10.2. The molecule has 146 valence electrons. The minimum atomic E-state index is 0.00678. The number of nitrogen functional groups attached to an aromatic ring is 1. The lowest BCUT2D eigenvalue weighted by molar-refractivity contribution is 0.298. The van der Waals surface area contributed by atoms with Crippen LogP contribution in [0.25, 0.3) is 15.9 Å². The summed E-state index contributed by atoms with van der Waals surface area (Å²) in [5.41, 5.74) is 14.4. The van der Waals surface area contributed by atoms with Gasteiger partial charge in [-0.2, -0.15) is 0 Å². The molecule has 0 atom stereocenters. The lowest BCUT2D eigenvalue weighted by Crippen LogP contribution is -2.36. The zero-order chi connectivity index (χ0) is 19.9. The van der Waals surface area contributed by atoms with Crippen LogP contribution in [0.2, 0.25) is 0 Å². The van der Waals surface area contributed by atoms with E-state index in [-0.39, 0.29) is 6.61 Å². The second-order valence-corrected chi connectivity index (χ2v) is 6.65. The minimum absolute atomic E-state index is 0.00678. The standard InChI is InChI=1S/C18H22N8OS/c1-21-26(10-13-2-4-16-18(24-13)28-11-23-16)17-14(20)3-5-15(25-17)12(8-19)9-22-6-7-27/h2-5,8-9,11,19,21-22,27H,6-7,10,20H2,1H3/b12-9+,19-8?. The van der Waals surface area contributed by atoms with Crippen LogP contribution in [0.3, 0.4) is 0 Å². The SMILES string of the molecule is CNN(Cc1ccc2ncsc2n1)c1nc(/C(C=N)=C/NCCO)ccc1N. The summed E-state index contributed by atoms with van der Waals surface area (Å²) in [5, 5.41) is 21.3. The Balaban J connectivity index is 1.88. The molecule has 0 unspecified atom stereocenters. The number of thiazole rings is 1. The average molecular weight is 398 g/mol. The van der Waals surface area contributed by atoms with Gasteiger partial charge in [-0.1, -0.05) is 0 Å². The van der Waals surface area contributed by atoms with E-state index in [0.717, 1.165) is 16.0 Å². The zero-order valence-corrected chi connectivity index (χ0v) is 16.2. The third-order valence-corrected chi connectivity index (χ3v) is 4.70. The van der Waals surface area contributed by atoms with Crippen molar-refractivity contribution in [2.75, 3.05) is 30.9 Å². The van der Waals surface area contributed by atoms with E-state index >= 15 is 0 Å². The smallest absolute Gasteiger partial charge is 0.167 e. The molecule has 0 fully saturated rings. The number of aliphatic hydroxyl groups excluding tert-OH is 1. The fourth-order valence-corrected chi connectivity index (χ4v) is 3.25. The highest BCUT2D eigenvalue weighted by atomic mass is 32.1. The molecule has 28 heavy (non-hydrogen) atoms. The Labute approximate surface area is 166 Å². The number of aromatic nitrogens is 3. The number of allylic oxidation sites excluding steroid dienone is 1. The van der Waals surface area contributed by atoms with Gasteiger partial charge in [-0.3, -0.25) is 5.01 Å². The predicted octanol–water partition coefficient (Wildman–Crippen LogP) is 1.38. The zero-order valence-electron chi connectivity index (χ0n) is 15.4. The van der Waals surface area contributed by atoms with Gasteiger partial charge in [0.25, 0.3) is 0 Å². The van der Waals surface area contributed by atoms with Gasteiger partial charge >= 0.3 is 0 Å². The topological polar surface area (TPSA) is 136 Å². The molecule has 0 aliphatic rings. The second kappa shape index (κ2) is 9.22. The van der Waals surface area contributed by atoms with Crippen LogP contribution in [0, 0.1) is 5.41 Å². The molecule has 0 radical (unpaired) electrons. The van der Waals surface area contributed by atoms with Crippen LogP contribution in [0.4, 0.5) is 11.5 Å². The van der Waals surface area contributed by atoms with Gasteiger partial charge in [0, 0.05) is 31.6 Å². The summed E-state index contributed by atoms with van der Waals surface area (Å²) in [6.07, 6.45) is 2.85. The number of pyridine rings is 2. The van der Waals surface area contributed by atoms with Crippen LogP contribution >= 0.6 is 11.3 Å². The molecule has 0 aliphatic carbocycles. The molecule has 0 aromatic carbocycles. The third kappa shape index (κ3) is 4.42. The number of nitrogens with one attached hydrogen (secondary N) is 3. The molecule has 3 aromatic rings. The van der Waals surface area contributed by atoms with Crippen molar-refractivity contribution in [3.63, 3.8) is 0 Å². The fourth-order valence-electron chi connectivity index (χ4n) is 2.57. The molecule has 0 bridgehead atoms. The van der Waals surface area contributed by atoms with E-state index in [9.17, 15) is 0 Å². The van der Waals surface area contributed by atoms with E-state index in [0.29, 0.717) is 35.9 Å². The predicted molar refractivity (Wildman–Crippen MR) is 113 cm³/mol. The largest absolute Gasteiger partial charge is 0.396 e. The molecular formula is C18H22N8OS. The molecular weight excluding hydrogens is 376 g/mol. The van der Waals surface area contributed by atoms with Gasteiger partial charge < -0.3 is 21.6 Å². The first-order valence-corrected chi connectivity index (χ1v) is 9.50. The monoisotopic (exact) mass is 398 g/mol. The van der Waals surface area contributed by atoms with Gasteiger partial charge in [-0.05, 0) is 24.3 Å². The van der Waals surface area contributed by atoms with E-state index in [1.165, 1.54) is 17.6 Å². The van der Waals surface area contributed by atoms with Crippen molar-refractivity contribution < 1.29 is 5.11 Å². The highest BCUT2D eigenvalue weighted by Crippen LogP contribution is 2.24. The van der Waals surface area contributed by atoms with Crippen LogP contribution in [0.15, 0.2) is 36.0 Å². The Hall–Kier alpha value is -3.08. The van der Waals surface area contributed by atoms with E-state index in [2.05, 4.69) is 25.7 Å². The summed E-state index contributed by atoms with van der Waals surface area (Å²) < 4.78 is 0. The van der Waals surface area contributed by atoms with Crippen molar-refractivity contribution in [3.8, 4) is 0 Å². The first kappa shape index (κ1) is 19.7. The Bertz CT molecular complexity index is 987. The molecule has 6 N–H and O–H groups in total. The number of hydrogen-bond donors (Lipinski definition) is 5. The number of nitrogens with two attached hydrogens (primary N) is 1. The van der Waals surface area contributed by atoms with Crippen molar-refractivity contribution in [2.24, 2.45) is 0 Å². The normalized spacial score (nSPS) is 11.6. The second-order valence-electron chi connectivity index (χ2n) is 5.82. The summed E-state index contributed by atoms with van der Waals surface area (Å²) in [4.78, 5) is 14.4. The fraction of sp³-hybridized carbons (Fsp3) is 0.222. The van der Waals surface area contributed by atoms with E-state index in [1.54, 1.807) is 35.9 Å². The number of rotatable bonds is 9. The Morgan fingerprint density at radius 2 is 2.18 bits per heavy atom. The maximum Gasteiger partial charge on any atom is 0.167 e. The van der Waals surface area contributed by atoms with Crippen molar-refractivity contribution in [3.05, 3.63) is 47.4 Å². The van der Waals surface area contributed by atoms with Gasteiger partial charge in [0.1, 0.15) is 4.83 Å². The van der Waals surface area contributed by atoms with E-state index in [1.807, 2.05) is 12.1 Å². The quantitative estimate of drug-likeness (QED) is 0.207. The Morgan fingerprint density at radius 1 is 1.32 bits per heavy atom. The van der Waals surface area contributed by atoms with Gasteiger partial charge in [0.15, 0.2) is 5.82 Å². The van der Waals surface area contributed by atoms with Crippen LogP contribution in [-0.2, 0) is 6.54 Å². The highest BCUT2D eigenvalue weighted by Gasteiger charge is 2.14. The van der Waals surface area contributed by atoms with E-state index in [4.69, 9.17) is 16.2 Å². The molecule has 0 amide bonds. The molecule has 9 nitrogen and oxygen atoms in total. The number of hydrazine groups is 1. The first-order valence-electron chi connectivity index (χ1n) is 8.62. The lowest BCUT2D eigenvalue weighted by Gasteiger charge is -2.24. The van der Waals surface area contributed by atoms with Crippen molar-refractivity contribution >= 4 is 45.0 Å². The minimum Gasteiger partial charge on any atom is -0.396 e. The first-order chi connectivity index (χ1) is 13.7. The maximum absolute atomic E-state index is 8.89. The van der Waals surface area contributed by atoms with Gasteiger partial charge in [0.2, 0.25) is 0 Å². The Kier molecular flexibility index (Phi) is 6.48. The highest BCUT2D eigenvalue weighted by molar-refractivity contribution is 7.16. The average Bonchev–Trinajstić information content (AvgIpc) is 3.18. The molecule has 0 spiro atoms. The molecule has 3 aromatic heterocycles. The number of hydrogen-bond acceptors (Lipinski definition) is 10. The summed E-state index contributed by atoms with van der Waals surface area (Å²) >= 11 is 1.50. The molecule has 0 aliphatic heterocycles. The van der Waals surface area contributed by atoms with Crippen molar-refractivity contribution in [1.82, 2.24) is 25.7 Å². The summed E-state index contributed by atoms with van der Waals surface area (Å²) in [7, 11) is 1.79. The number of anilines is 2. The van der Waals surface area contributed by atoms with Gasteiger partial charge in [0.05, 0.1) is 41.3 Å². The summed E-state index contributed by atoms with van der Waals surface area (Å²) in [6.45, 7) is 0.859. The van der Waals surface area contributed by atoms with Gasteiger partial charge in [-0.15, -0.1) is 11.3 Å². The molecule has 3 rings (SSSR count). The van der Waals surface area contributed by atoms with Crippen molar-refractivity contribution in [2.45, 2.75) is 6.54 Å². The summed E-state index contributed by atoms with van der Waals surface area (Å²) in [5.74, 6) is 0.543. The number of aliphatic hydroxyl groups is 1. The van der Waals surface area contributed by atoms with Crippen LogP contribution in [0.5, 0.6) is 0 Å². The molecule has 10 heteroatoms. The number of fused-ring (bicyclic) bond motifs is 1. The van der Waals surface area contributed by atoms with Crippen LogP contribution in [0.1, 0.15) is 11.4 Å². The molecule has 0 saturated carbocycles. The van der Waals surface area contributed by atoms with Gasteiger partial charge in [-0.25, -0.2) is 20.4 Å². The van der Waals surface area contributed by atoms with Crippen LogP contribution in [-0.4, -0.2) is 46.5 Å². The summed E-state index contributed by atoms with van der Waals surface area (Å²) in [6, 6.07) is 7.38. The third-order valence-electron chi connectivity index (χ3n) is 3.97. The number of nitrogens with zero attached hydrogens (tertiary/aromatic N) is 4. The molecule has 0 saturated heterocycles. The Morgan fingerprint density at radius 3 is 2.93 bits per heavy atom. The molecule has 3 heterocycles. The maximum atomic E-state index is 8.89. The van der Waals surface area contributed by atoms with Crippen molar-refractivity contribution in [1.29, 1.82) is 5.41 Å². The van der Waals surface area contributed by atoms with E-state index < -0.39 is 0 Å². The van der Waals surface area contributed by atoms with Crippen LogP contribution < -0.4 is 21.5 Å².